The fourth-order valence-electron chi connectivity index (χ4n) is 2.97. The summed E-state index contributed by atoms with van der Waals surface area (Å²) in [5.74, 6) is -0.103. The summed E-state index contributed by atoms with van der Waals surface area (Å²) >= 11 is 0. The fraction of sp³-hybridized carbons (Fsp3) is 0.929. The van der Waals surface area contributed by atoms with Gasteiger partial charge in [-0.05, 0) is 38.8 Å². The van der Waals surface area contributed by atoms with E-state index in [9.17, 15) is 4.79 Å². The number of ether oxygens (including phenoxy) is 1. The number of carbonyl (C=O) groups excluding carboxylic acids is 1. The smallest absolute Gasteiger partial charge is 0.326 e. The highest BCUT2D eigenvalue weighted by Gasteiger charge is 2.46. The van der Waals surface area contributed by atoms with Crippen molar-refractivity contribution in [3.63, 3.8) is 0 Å². The lowest BCUT2D eigenvalue weighted by Gasteiger charge is -2.43. The third-order valence-corrected chi connectivity index (χ3v) is 3.84. The van der Waals surface area contributed by atoms with Gasteiger partial charge in [0.2, 0.25) is 0 Å². The highest BCUT2D eigenvalue weighted by Crippen LogP contribution is 2.41. The van der Waals surface area contributed by atoms with Gasteiger partial charge in [0.05, 0.1) is 7.11 Å². The molecule has 1 saturated carbocycles. The molecular formula is C14H28N2O2. The molecule has 1 aliphatic carbocycles. The number of likely N-dealkylation sites (N-methyl/N-ethyl adjacent to an activating group) is 1. The van der Waals surface area contributed by atoms with E-state index < -0.39 is 5.54 Å². The van der Waals surface area contributed by atoms with Gasteiger partial charge in [-0.2, -0.15) is 0 Å². The summed E-state index contributed by atoms with van der Waals surface area (Å²) in [6.07, 6.45) is 4.01. The summed E-state index contributed by atoms with van der Waals surface area (Å²) < 4.78 is 5.03. The summed E-state index contributed by atoms with van der Waals surface area (Å²) in [6, 6.07) is 0. The molecule has 18 heavy (non-hydrogen) atoms. The maximum Gasteiger partial charge on any atom is 0.326 e. The van der Waals surface area contributed by atoms with Crippen molar-refractivity contribution in [1.82, 2.24) is 10.2 Å². The molecule has 1 rings (SSSR count). The lowest BCUT2D eigenvalue weighted by molar-refractivity contribution is -0.152. The molecule has 0 amide bonds. The fourth-order valence-corrected chi connectivity index (χ4v) is 2.97. The van der Waals surface area contributed by atoms with Crippen LogP contribution in [0, 0.1) is 5.41 Å². The van der Waals surface area contributed by atoms with Crippen molar-refractivity contribution in [2.45, 2.75) is 45.1 Å². The Balaban J connectivity index is 2.72. The zero-order chi connectivity index (χ0) is 13.8. The highest BCUT2D eigenvalue weighted by atomic mass is 16.5. The van der Waals surface area contributed by atoms with E-state index in [0.29, 0.717) is 0 Å². The number of hydrogen-bond donors (Lipinski definition) is 1. The number of hydrogen-bond acceptors (Lipinski definition) is 4. The van der Waals surface area contributed by atoms with Crippen LogP contribution in [-0.4, -0.2) is 50.7 Å². The summed E-state index contributed by atoms with van der Waals surface area (Å²) in [6.45, 7) is 6.21. The van der Waals surface area contributed by atoms with Gasteiger partial charge in [-0.3, -0.25) is 4.79 Å². The molecule has 106 valence electrons. The standard InChI is InChI=1S/C14H28N2O2/c1-13(2)7-6-8-14(11-13,12(17)18-5)15-9-10-16(3)4/h15H,6-11H2,1-5H3. The molecule has 0 aliphatic heterocycles. The first-order valence-electron chi connectivity index (χ1n) is 6.79. The number of nitrogens with one attached hydrogen (secondary N) is 1. The van der Waals surface area contributed by atoms with Crippen LogP contribution in [0.2, 0.25) is 0 Å². The highest BCUT2D eigenvalue weighted by molar-refractivity contribution is 5.81. The first-order chi connectivity index (χ1) is 8.31. The van der Waals surface area contributed by atoms with Crippen LogP contribution in [-0.2, 0) is 9.53 Å². The lowest BCUT2D eigenvalue weighted by atomic mass is 9.68. The maximum absolute atomic E-state index is 12.2. The van der Waals surface area contributed by atoms with Crippen molar-refractivity contribution in [2.75, 3.05) is 34.3 Å². The zero-order valence-electron chi connectivity index (χ0n) is 12.5. The largest absolute Gasteiger partial charge is 0.468 e. The van der Waals surface area contributed by atoms with Crippen LogP contribution in [0.4, 0.5) is 0 Å². The maximum atomic E-state index is 12.2. The molecule has 0 heterocycles. The summed E-state index contributed by atoms with van der Waals surface area (Å²) in [5.41, 5.74) is -0.274. The second-order valence-corrected chi connectivity index (χ2v) is 6.50. The Bertz CT molecular complexity index is 290. The molecule has 1 atom stereocenters. The monoisotopic (exact) mass is 256 g/mol. The van der Waals surface area contributed by atoms with Crippen molar-refractivity contribution in [1.29, 1.82) is 0 Å². The van der Waals surface area contributed by atoms with Crippen molar-refractivity contribution in [3.8, 4) is 0 Å². The van der Waals surface area contributed by atoms with E-state index in [1.54, 1.807) is 0 Å². The summed E-state index contributed by atoms with van der Waals surface area (Å²) in [4.78, 5) is 14.3. The van der Waals surface area contributed by atoms with Gasteiger partial charge in [0.25, 0.3) is 0 Å². The Hall–Kier alpha value is -0.610. The molecule has 1 fully saturated rings. The quantitative estimate of drug-likeness (QED) is 0.760. The molecule has 0 radical (unpaired) electrons. The Morgan fingerprint density at radius 3 is 2.50 bits per heavy atom. The molecule has 0 aromatic rings. The molecule has 0 aromatic carbocycles. The van der Waals surface area contributed by atoms with Gasteiger partial charge >= 0.3 is 5.97 Å². The van der Waals surface area contributed by atoms with E-state index in [1.807, 2.05) is 14.1 Å². The minimum atomic E-state index is -0.480. The molecule has 0 spiro atoms. The van der Waals surface area contributed by atoms with Gasteiger partial charge in [0.15, 0.2) is 0 Å². The van der Waals surface area contributed by atoms with Crippen molar-refractivity contribution >= 4 is 5.97 Å². The topological polar surface area (TPSA) is 41.6 Å². The molecule has 0 saturated heterocycles. The first kappa shape index (κ1) is 15.4. The Kier molecular flexibility index (Phi) is 5.17. The summed E-state index contributed by atoms with van der Waals surface area (Å²) in [5, 5.41) is 3.46. The van der Waals surface area contributed by atoms with Crippen LogP contribution in [0.15, 0.2) is 0 Å². The third kappa shape index (κ3) is 3.95. The zero-order valence-corrected chi connectivity index (χ0v) is 12.5. The van der Waals surface area contributed by atoms with Crippen LogP contribution in [0.5, 0.6) is 0 Å². The number of esters is 1. The SMILES string of the molecule is COC(=O)C1(NCCN(C)C)CCCC(C)(C)C1. The van der Waals surface area contributed by atoms with Crippen LogP contribution < -0.4 is 5.32 Å². The molecule has 1 unspecified atom stereocenters. The second-order valence-electron chi connectivity index (χ2n) is 6.50. The number of rotatable bonds is 5. The summed E-state index contributed by atoms with van der Waals surface area (Å²) in [7, 11) is 5.56. The molecule has 4 heteroatoms. The van der Waals surface area contributed by atoms with E-state index in [1.165, 1.54) is 13.5 Å². The number of nitrogens with zero attached hydrogens (tertiary/aromatic N) is 1. The van der Waals surface area contributed by atoms with E-state index >= 15 is 0 Å². The Labute approximate surface area is 111 Å². The van der Waals surface area contributed by atoms with Gasteiger partial charge in [-0.15, -0.1) is 0 Å². The van der Waals surface area contributed by atoms with Crippen molar-refractivity contribution < 1.29 is 9.53 Å². The molecule has 1 N–H and O–H groups in total. The van der Waals surface area contributed by atoms with Crippen LogP contribution in [0.1, 0.15) is 39.5 Å². The number of carbonyl (C=O) groups is 1. The van der Waals surface area contributed by atoms with Gasteiger partial charge in [-0.1, -0.05) is 20.3 Å². The average molecular weight is 256 g/mol. The van der Waals surface area contributed by atoms with Crippen LogP contribution in [0.3, 0.4) is 0 Å². The van der Waals surface area contributed by atoms with E-state index in [-0.39, 0.29) is 11.4 Å². The number of methoxy groups -OCH3 is 1. The molecule has 0 aromatic heterocycles. The van der Waals surface area contributed by atoms with Crippen molar-refractivity contribution in [3.05, 3.63) is 0 Å². The van der Waals surface area contributed by atoms with Crippen LogP contribution >= 0.6 is 0 Å². The molecule has 0 bridgehead atoms. The van der Waals surface area contributed by atoms with Gasteiger partial charge in [-0.25, -0.2) is 0 Å². The third-order valence-electron chi connectivity index (χ3n) is 3.84. The Morgan fingerprint density at radius 2 is 2.00 bits per heavy atom. The minimum Gasteiger partial charge on any atom is -0.468 e. The predicted molar refractivity (Wildman–Crippen MR) is 73.6 cm³/mol. The first-order valence-corrected chi connectivity index (χ1v) is 6.79. The molecule has 1 aliphatic rings. The van der Waals surface area contributed by atoms with Gasteiger partial charge in [0.1, 0.15) is 5.54 Å². The van der Waals surface area contributed by atoms with Crippen molar-refractivity contribution in [2.24, 2.45) is 5.41 Å². The average Bonchev–Trinajstić information content (AvgIpc) is 2.26. The Morgan fingerprint density at radius 1 is 1.33 bits per heavy atom. The second kappa shape index (κ2) is 6.02. The minimum absolute atomic E-state index is 0.103. The van der Waals surface area contributed by atoms with Crippen LogP contribution in [0.25, 0.3) is 0 Å². The lowest BCUT2D eigenvalue weighted by Crippen LogP contribution is -2.58. The van der Waals surface area contributed by atoms with E-state index in [2.05, 4.69) is 24.1 Å². The predicted octanol–water partition coefficient (Wildman–Crippen LogP) is 1.65. The van der Waals surface area contributed by atoms with E-state index in [4.69, 9.17) is 4.74 Å². The van der Waals surface area contributed by atoms with Gasteiger partial charge < -0.3 is 15.0 Å². The van der Waals surface area contributed by atoms with Gasteiger partial charge in [0, 0.05) is 13.1 Å². The normalized spacial score (nSPS) is 27.2. The molecule has 4 nitrogen and oxygen atoms in total. The molecular weight excluding hydrogens is 228 g/mol. The van der Waals surface area contributed by atoms with E-state index in [0.717, 1.165) is 32.4 Å².